The smallest absolute Gasteiger partial charge is 0.136 e. The van der Waals surface area contributed by atoms with Crippen LogP contribution in [0.1, 0.15) is 79.1 Å². The fourth-order valence-electron chi connectivity index (χ4n) is 4.96. The molecule has 2 saturated carbocycles. The summed E-state index contributed by atoms with van der Waals surface area (Å²) in [7, 11) is 0. The first kappa shape index (κ1) is 16.0. The average Bonchev–Trinajstić information content (AvgIpc) is 2.66. The number of carbonyl (C=O) groups is 1. The summed E-state index contributed by atoms with van der Waals surface area (Å²) < 4.78 is 0. The molecule has 4 atom stereocenters. The number of Topliss-reactive ketones (excluding diaryl/α,β-unsaturated/α-hetero) is 1. The summed E-state index contributed by atoms with van der Waals surface area (Å²) in [4.78, 5) is 12.2. The van der Waals surface area contributed by atoms with Crippen molar-refractivity contribution in [3.05, 3.63) is 0 Å². The Hall–Kier alpha value is -0.370. The van der Waals surface area contributed by atoms with Gasteiger partial charge in [0.1, 0.15) is 5.78 Å². The minimum absolute atomic E-state index is 0.267. The predicted octanol–water partition coefficient (Wildman–Crippen LogP) is 4.35. The van der Waals surface area contributed by atoms with Gasteiger partial charge >= 0.3 is 0 Å². The fraction of sp³-hybridized carbons (Fsp3) is 0.944. The van der Waals surface area contributed by atoms with E-state index in [9.17, 15) is 9.90 Å². The van der Waals surface area contributed by atoms with Gasteiger partial charge in [-0.3, -0.25) is 4.79 Å². The molecule has 0 radical (unpaired) electrons. The molecule has 0 aromatic heterocycles. The van der Waals surface area contributed by atoms with Crippen molar-refractivity contribution in [2.45, 2.75) is 84.7 Å². The Kier molecular flexibility index (Phi) is 4.63. The number of aliphatic hydroxyl groups is 1. The Morgan fingerprint density at radius 3 is 2.75 bits per heavy atom. The molecule has 116 valence electrons. The number of carbonyl (C=O) groups excluding carboxylic acids is 1. The molecule has 1 N–H and O–H groups in total. The highest BCUT2D eigenvalue weighted by atomic mass is 16.3. The van der Waals surface area contributed by atoms with Crippen LogP contribution in [0.25, 0.3) is 0 Å². The van der Waals surface area contributed by atoms with Crippen LogP contribution >= 0.6 is 0 Å². The van der Waals surface area contributed by atoms with E-state index in [-0.39, 0.29) is 5.41 Å². The van der Waals surface area contributed by atoms with Crippen LogP contribution in [-0.4, -0.2) is 16.5 Å². The van der Waals surface area contributed by atoms with Crippen LogP contribution in [0, 0.1) is 23.2 Å². The van der Waals surface area contributed by atoms with Gasteiger partial charge in [-0.05, 0) is 63.2 Å². The SMILES string of the molecule is C[C@H](CCCC(C)(C)O)C1CC[C@H]2C(=O)CCC[C@]12C. The van der Waals surface area contributed by atoms with Crippen molar-refractivity contribution in [1.82, 2.24) is 0 Å². The summed E-state index contributed by atoms with van der Waals surface area (Å²) in [6, 6.07) is 0. The van der Waals surface area contributed by atoms with Crippen LogP contribution in [0.15, 0.2) is 0 Å². The summed E-state index contributed by atoms with van der Waals surface area (Å²) in [6.07, 6.45) is 8.67. The highest BCUT2D eigenvalue weighted by Crippen LogP contribution is 2.57. The Morgan fingerprint density at radius 1 is 1.40 bits per heavy atom. The minimum Gasteiger partial charge on any atom is -0.390 e. The highest BCUT2D eigenvalue weighted by molar-refractivity contribution is 5.83. The van der Waals surface area contributed by atoms with E-state index in [0.29, 0.717) is 23.5 Å². The summed E-state index contributed by atoms with van der Waals surface area (Å²) in [5, 5.41) is 9.82. The second-order valence-electron chi connectivity index (χ2n) is 8.24. The van der Waals surface area contributed by atoms with Crippen molar-refractivity contribution in [3.8, 4) is 0 Å². The molecule has 0 spiro atoms. The Morgan fingerprint density at radius 2 is 2.10 bits per heavy atom. The van der Waals surface area contributed by atoms with Crippen LogP contribution in [0.4, 0.5) is 0 Å². The van der Waals surface area contributed by atoms with Gasteiger partial charge < -0.3 is 5.11 Å². The molecule has 2 fully saturated rings. The van der Waals surface area contributed by atoms with Gasteiger partial charge in [0.15, 0.2) is 0 Å². The average molecular weight is 280 g/mol. The summed E-state index contributed by atoms with van der Waals surface area (Å²) in [5.41, 5.74) is -0.272. The molecule has 2 aliphatic carbocycles. The normalized spacial score (nSPS) is 36.0. The van der Waals surface area contributed by atoms with E-state index >= 15 is 0 Å². The topological polar surface area (TPSA) is 37.3 Å². The minimum atomic E-state index is -0.539. The van der Waals surface area contributed by atoms with Gasteiger partial charge in [0, 0.05) is 12.3 Å². The molecule has 0 aliphatic heterocycles. The summed E-state index contributed by atoms with van der Waals surface area (Å²) >= 11 is 0. The van der Waals surface area contributed by atoms with Crippen LogP contribution in [0.2, 0.25) is 0 Å². The first-order valence-corrected chi connectivity index (χ1v) is 8.49. The third-order valence-electron chi connectivity index (χ3n) is 6.07. The van der Waals surface area contributed by atoms with Crippen molar-refractivity contribution in [2.75, 3.05) is 0 Å². The molecule has 0 saturated heterocycles. The van der Waals surface area contributed by atoms with Gasteiger partial charge in [-0.2, -0.15) is 0 Å². The molecule has 2 heteroatoms. The molecular formula is C18H32O2. The van der Waals surface area contributed by atoms with Crippen molar-refractivity contribution < 1.29 is 9.90 Å². The molecule has 2 nitrogen and oxygen atoms in total. The number of fused-ring (bicyclic) bond motifs is 1. The third-order valence-corrected chi connectivity index (χ3v) is 6.07. The van der Waals surface area contributed by atoms with E-state index in [4.69, 9.17) is 0 Å². The molecule has 0 amide bonds. The molecule has 1 unspecified atom stereocenters. The first-order valence-electron chi connectivity index (χ1n) is 8.49. The Bertz CT molecular complexity index is 355. The second-order valence-corrected chi connectivity index (χ2v) is 8.24. The zero-order chi connectivity index (χ0) is 15.0. The highest BCUT2D eigenvalue weighted by Gasteiger charge is 2.52. The first-order chi connectivity index (χ1) is 9.24. The van der Waals surface area contributed by atoms with Gasteiger partial charge in [-0.25, -0.2) is 0 Å². The molecule has 2 aliphatic rings. The van der Waals surface area contributed by atoms with Gasteiger partial charge in [-0.1, -0.05) is 26.7 Å². The third kappa shape index (κ3) is 3.27. The number of ketones is 1. The maximum Gasteiger partial charge on any atom is 0.136 e. The maximum atomic E-state index is 12.2. The van der Waals surface area contributed by atoms with Gasteiger partial charge in [0.05, 0.1) is 5.60 Å². The lowest BCUT2D eigenvalue weighted by Gasteiger charge is -2.42. The molecule has 0 bridgehead atoms. The lowest BCUT2D eigenvalue weighted by atomic mass is 9.62. The van der Waals surface area contributed by atoms with Crippen LogP contribution in [0.5, 0.6) is 0 Å². The largest absolute Gasteiger partial charge is 0.390 e. The monoisotopic (exact) mass is 280 g/mol. The van der Waals surface area contributed by atoms with Crippen LogP contribution in [-0.2, 0) is 4.79 Å². The lowest BCUT2D eigenvalue weighted by Crippen LogP contribution is -2.39. The predicted molar refractivity (Wildman–Crippen MR) is 82.5 cm³/mol. The molecule has 0 aromatic rings. The van der Waals surface area contributed by atoms with Crippen molar-refractivity contribution in [3.63, 3.8) is 0 Å². The second kappa shape index (κ2) is 5.79. The maximum absolute atomic E-state index is 12.2. The Labute approximate surface area is 124 Å². The lowest BCUT2D eigenvalue weighted by molar-refractivity contribution is -0.130. The van der Waals surface area contributed by atoms with Crippen LogP contribution in [0.3, 0.4) is 0 Å². The summed E-state index contributed by atoms with van der Waals surface area (Å²) in [6.45, 7) is 8.52. The number of hydrogen-bond acceptors (Lipinski definition) is 2. The van der Waals surface area contributed by atoms with E-state index in [0.717, 1.165) is 32.1 Å². The number of rotatable bonds is 5. The van der Waals surface area contributed by atoms with Gasteiger partial charge in [-0.15, -0.1) is 0 Å². The van der Waals surface area contributed by atoms with Crippen molar-refractivity contribution in [1.29, 1.82) is 0 Å². The van der Waals surface area contributed by atoms with E-state index in [1.165, 1.54) is 19.3 Å². The molecule has 20 heavy (non-hydrogen) atoms. The van der Waals surface area contributed by atoms with E-state index in [2.05, 4.69) is 13.8 Å². The van der Waals surface area contributed by atoms with E-state index in [1.807, 2.05) is 13.8 Å². The standard InChI is InChI=1S/C18H32O2/c1-13(7-5-11-17(2,3)20)14-9-10-15-16(19)8-6-12-18(14,15)4/h13-15,20H,5-12H2,1-4H3/t13-,14?,15+,18-/m1/s1. The number of hydrogen-bond donors (Lipinski definition) is 1. The molecule has 2 rings (SSSR count). The zero-order valence-electron chi connectivity index (χ0n) is 13.7. The molecule has 0 aromatic carbocycles. The van der Waals surface area contributed by atoms with Gasteiger partial charge in [0.25, 0.3) is 0 Å². The van der Waals surface area contributed by atoms with Crippen molar-refractivity contribution in [2.24, 2.45) is 23.2 Å². The Balaban J connectivity index is 1.93. The van der Waals surface area contributed by atoms with Gasteiger partial charge in [0.2, 0.25) is 0 Å². The van der Waals surface area contributed by atoms with Crippen LogP contribution < -0.4 is 0 Å². The van der Waals surface area contributed by atoms with E-state index in [1.54, 1.807) is 0 Å². The molecular weight excluding hydrogens is 248 g/mol. The molecule has 0 heterocycles. The zero-order valence-corrected chi connectivity index (χ0v) is 13.7. The summed E-state index contributed by atoms with van der Waals surface area (Å²) in [5.74, 6) is 2.26. The quantitative estimate of drug-likeness (QED) is 0.813. The van der Waals surface area contributed by atoms with Crippen molar-refractivity contribution >= 4 is 5.78 Å². The fourth-order valence-corrected chi connectivity index (χ4v) is 4.96. The van der Waals surface area contributed by atoms with E-state index < -0.39 is 5.60 Å².